The lowest BCUT2D eigenvalue weighted by Gasteiger charge is -2.28. The maximum atomic E-state index is 13.2. The molecule has 0 spiro atoms. The fraction of sp³-hybridized carbons (Fsp3) is 0.231. The highest BCUT2D eigenvalue weighted by atomic mass is 16.2. The van der Waals surface area contributed by atoms with Crippen LogP contribution in [0.4, 0.5) is 0 Å². The van der Waals surface area contributed by atoms with Crippen LogP contribution in [0.3, 0.4) is 0 Å². The van der Waals surface area contributed by atoms with Gasteiger partial charge in [-0.1, -0.05) is 84.9 Å². The predicted octanol–water partition coefficient (Wildman–Crippen LogP) is 3.44. The molecular weight excluding hydrogens is 386 g/mol. The Morgan fingerprint density at radius 2 is 1.39 bits per heavy atom. The number of carbonyl (C=O) groups is 2. The Balaban J connectivity index is 1.49. The molecule has 3 aromatic rings. The van der Waals surface area contributed by atoms with Crippen LogP contribution < -0.4 is 16.0 Å². The van der Waals surface area contributed by atoms with E-state index in [9.17, 15) is 9.59 Å². The molecule has 0 aliphatic carbocycles. The van der Waals surface area contributed by atoms with E-state index in [0.717, 1.165) is 11.1 Å². The Morgan fingerprint density at radius 3 is 2.06 bits per heavy atom. The summed E-state index contributed by atoms with van der Waals surface area (Å²) in [7, 11) is 0. The van der Waals surface area contributed by atoms with E-state index in [4.69, 9.17) is 0 Å². The second kappa shape index (κ2) is 9.58. The molecule has 5 heteroatoms. The van der Waals surface area contributed by atoms with Crippen molar-refractivity contribution in [2.75, 3.05) is 0 Å². The fourth-order valence-corrected chi connectivity index (χ4v) is 3.95. The van der Waals surface area contributed by atoms with Crippen molar-refractivity contribution in [1.29, 1.82) is 0 Å². The fourth-order valence-electron chi connectivity index (χ4n) is 3.95. The maximum absolute atomic E-state index is 13.2. The van der Waals surface area contributed by atoms with Gasteiger partial charge < -0.3 is 16.0 Å². The van der Waals surface area contributed by atoms with Crippen molar-refractivity contribution < 1.29 is 9.59 Å². The molecule has 31 heavy (non-hydrogen) atoms. The summed E-state index contributed by atoms with van der Waals surface area (Å²) in [6.07, 6.45) is 0.603. The third-order valence-corrected chi connectivity index (χ3v) is 5.74. The molecule has 3 atom stereocenters. The average Bonchev–Trinajstić information content (AvgIpc) is 2.83. The number of hydrogen-bond acceptors (Lipinski definition) is 3. The quantitative estimate of drug-likeness (QED) is 0.580. The Kier molecular flexibility index (Phi) is 6.43. The Labute approximate surface area is 182 Å². The van der Waals surface area contributed by atoms with Crippen LogP contribution >= 0.6 is 0 Å². The van der Waals surface area contributed by atoms with Gasteiger partial charge in [-0.25, -0.2) is 0 Å². The number of fused-ring (bicyclic) bond motifs is 1. The monoisotopic (exact) mass is 413 g/mol. The van der Waals surface area contributed by atoms with E-state index in [0.29, 0.717) is 13.0 Å². The van der Waals surface area contributed by atoms with Gasteiger partial charge in [0.2, 0.25) is 11.8 Å². The molecule has 4 rings (SSSR count). The summed E-state index contributed by atoms with van der Waals surface area (Å²) in [5.74, 6) is -0.405. The molecule has 1 heterocycles. The van der Waals surface area contributed by atoms with E-state index in [2.05, 4.69) is 28.1 Å². The summed E-state index contributed by atoms with van der Waals surface area (Å²) in [4.78, 5) is 26.3. The minimum Gasteiger partial charge on any atom is -0.347 e. The average molecular weight is 414 g/mol. The summed E-state index contributed by atoms with van der Waals surface area (Å²) < 4.78 is 0. The van der Waals surface area contributed by atoms with Crippen molar-refractivity contribution in [2.24, 2.45) is 0 Å². The van der Waals surface area contributed by atoms with Gasteiger partial charge in [-0.05, 0) is 35.6 Å². The third-order valence-electron chi connectivity index (χ3n) is 5.74. The van der Waals surface area contributed by atoms with Crippen molar-refractivity contribution >= 4 is 11.8 Å². The topological polar surface area (TPSA) is 70.2 Å². The van der Waals surface area contributed by atoms with Gasteiger partial charge in [-0.2, -0.15) is 0 Å². The zero-order valence-electron chi connectivity index (χ0n) is 17.5. The molecule has 0 bridgehead atoms. The third kappa shape index (κ3) is 5.01. The Hall–Kier alpha value is -3.44. The lowest BCUT2D eigenvalue weighted by atomic mass is 9.95. The van der Waals surface area contributed by atoms with E-state index >= 15 is 0 Å². The zero-order chi connectivity index (χ0) is 21.6. The van der Waals surface area contributed by atoms with E-state index in [1.165, 1.54) is 11.1 Å². The molecule has 0 fully saturated rings. The standard InChI is InChI=1S/C26H27N3O2/c1-18(19-10-4-2-5-11-19)28-26(31)24(20-12-6-3-7-13-20)29-25(30)23-16-21-14-8-9-15-22(21)17-27-23/h2-15,18,23-24,27H,16-17H2,1H3,(H,28,31)(H,29,30)/t18-,23+,24+/m0/s1. The molecule has 1 aliphatic heterocycles. The van der Waals surface area contributed by atoms with Crippen LogP contribution in [0.15, 0.2) is 84.9 Å². The smallest absolute Gasteiger partial charge is 0.247 e. The van der Waals surface area contributed by atoms with Crippen molar-refractivity contribution in [2.45, 2.75) is 38.0 Å². The number of amides is 2. The van der Waals surface area contributed by atoms with Gasteiger partial charge in [0.1, 0.15) is 6.04 Å². The first kappa shape index (κ1) is 20.8. The Morgan fingerprint density at radius 1 is 0.806 bits per heavy atom. The molecule has 0 radical (unpaired) electrons. The van der Waals surface area contributed by atoms with Gasteiger partial charge in [0.15, 0.2) is 0 Å². The number of hydrogen-bond donors (Lipinski definition) is 3. The molecule has 0 saturated carbocycles. The van der Waals surface area contributed by atoms with E-state index in [1.54, 1.807) is 0 Å². The highest BCUT2D eigenvalue weighted by molar-refractivity contribution is 5.91. The van der Waals surface area contributed by atoms with Crippen LogP contribution in [0, 0.1) is 0 Å². The largest absolute Gasteiger partial charge is 0.347 e. The van der Waals surface area contributed by atoms with Crippen LogP contribution in [-0.2, 0) is 22.6 Å². The van der Waals surface area contributed by atoms with Crippen LogP contribution in [0.1, 0.15) is 41.3 Å². The molecule has 0 unspecified atom stereocenters. The highest BCUT2D eigenvalue weighted by Gasteiger charge is 2.29. The lowest BCUT2D eigenvalue weighted by Crippen LogP contribution is -2.51. The highest BCUT2D eigenvalue weighted by Crippen LogP contribution is 2.20. The summed E-state index contributed by atoms with van der Waals surface area (Å²) >= 11 is 0. The maximum Gasteiger partial charge on any atom is 0.247 e. The summed E-state index contributed by atoms with van der Waals surface area (Å²) in [6.45, 7) is 2.58. The first-order valence-electron chi connectivity index (χ1n) is 10.6. The van der Waals surface area contributed by atoms with Crippen LogP contribution in [0.2, 0.25) is 0 Å². The number of rotatable bonds is 6. The summed E-state index contributed by atoms with van der Waals surface area (Å²) in [5.41, 5.74) is 4.14. The second-order valence-electron chi connectivity index (χ2n) is 7.90. The molecule has 0 saturated heterocycles. The molecule has 5 nitrogen and oxygen atoms in total. The van der Waals surface area contributed by atoms with Gasteiger partial charge in [0.05, 0.1) is 12.1 Å². The van der Waals surface area contributed by atoms with Gasteiger partial charge >= 0.3 is 0 Å². The van der Waals surface area contributed by atoms with E-state index in [-0.39, 0.29) is 23.9 Å². The Bertz CT molecular complexity index is 1040. The molecule has 2 amide bonds. The van der Waals surface area contributed by atoms with Gasteiger partial charge in [0, 0.05) is 6.54 Å². The van der Waals surface area contributed by atoms with Gasteiger partial charge in [-0.15, -0.1) is 0 Å². The first-order valence-corrected chi connectivity index (χ1v) is 10.6. The first-order chi connectivity index (χ1) is 15.1. The number of carbonyl (C=O) groups excluding carboxylic acids is 2. The minimum atomic E-state index is -0.765. The van der Waals surface area contributed by atoms with Gasteiger partial charge in [0.25, 0.3) is 0 Å². The molecule has 0 aromatic heterocycles. The number of nitrogens with one attached hydrogen (secondary N) is 3. The zero-order valence-corrected chi connectivity index (χ0v) is 17.5. The van der Waals surface area contributed by atoms with Crippen LogP contribution in [-0.4, -0.2) is 17.9 Å². The summed E-state index contributed by atoms with van der Waals surface area (Å²) in [5, 5.41) is 9.32. The van der Waals surface area contributed by atoms with Crippen molar-refractivity contribution in [3.8, 4) is 0 Å². The van der Waals surface area contributed by atoms with Crippen LogP contribution in [0.5, 0.6) is 0 Å². The normalized spacial score (nSPS) is 17.1. The van der Waals surface area contributed by atoms with Crippen LogP contribution in [0.25, 0.3) is 0 Å². The SMILES string of the molecule is C[C@H](NC(=O)[C@H](NC(=O)[C@H]1Cc2ccccc2CN1)c1ccccc1)c1ccccc1. The van der Waals surface area contributed by atoms with Crippen molar-refractivity contribution in [1.82, 2.24) is 16.0 Å². The molecular formula is C26H27N3O2. The predicted molar refractivity (Wildman–Crippen MR) is 121 cm³/mol. The van der Waals surface area contributed by atoms with E-state index in [1.807, 2.05) is 79.7 Å². The van der Waals surface area contributed by atoms with E-state index < -0.39 is 6.04 Å². The lowest BCUT2D eigenvalue weighted by molar-refractivity contribution is -0.130. The molecule has 1 aliphatic rings. The molecule has 158 valence electrons. The van der Waals surface area contributed by atoms with Crippen molar-refractivity contribution in [3.05, 3.63) is 107 Å². The van der Waals surface area contributed by atoms with Crippen molar-refractivity contribution in [3.63, 3.8) is 0 Å². The number of benzene rings is 3. The minimum absolute atomic E-state index is 0.170. The van der Waals surface area contributed by atoms with Gasteiger partial charge in [-0.3, -0.25) is 9.59 Å². The molecule has 3 N–H and O–H groups in total. The second-order valence-corrected chi connectivity index (χ2v) is 7.90. The summed E-state index contributed by atoms with van der Waals surface area (Å²) in [6, 6.07) is 26.0. The molecule has 3 aromatic carbocycles.